The highest BCUT2D eigenvalue weighted by Crippen LogP contribution is 2.46. The Morgan fingerprint density at radius 2 is 1.95 bits per heavy atom. The van der Waals surface area contributed by atoms with E-state index in [0.29, 0.717) is 23.6 Å². The van der Waals surface area contributed by atoms with Crippen LogP contribution in [0.25, 0.3) is 0 Å². The Morgan fingerprint density at radius 3 is 2.52 bits per heavy atom. The van der Waals surface area contributed by atoms with E-state index < -0.39 is 5.60 Å². The average molecular weight is 292 g/mol. The lowest BCUT2D eigenvalue weighted by atomic mass is 9.70. The molecule has 5 nitrogen and oxygen atoms in total. The van der Waals surface area contributed by atoms with Crippen molar-refractivity contribution in [2.45, 2.75) is 70.3 Å². The van der Waals surface area contributed by atoms with Crippen LogP contribution >= 0.6 is 0 Å². The zero-order valence-electron chi connectivity index (χ0n) is 13.1. The molecule has 0 radical (unpaired) electrons. The maximum absolute atomic E-state index is 11.8. The Bertz CT molecular complexity index is 525. The summed E-state index contributed by atoms with van der Waals surface area (Å²) < 4.78 is 11.2. The molecule has 2 aliphatic carbocycles. The van der Waals surface area contributed by atoms with Crippen LogP contribution in [0.2, 0.25) is 0 Å². The van der Waals surface area contributed by atoms with Gasteiger partial charge in [0.1, 0.15) is 11.4 Å². The minimum Gasteiger partial charge on any atom is -0.370 e. The van der Waals surface area contributed by atoms with E-state index in [2.05, 4.69) is 24.0 Å². The summed E-state index contributed by atoms with van der Waals surface area (Å²) in [6, 6.07) is 0. The van der Waals surface area contributed by atoms with Gasteiger partial charge in [0.25, 0.3) is 0 Å². The summed E-state index contributed by atoms with van der Waals surface area (Å²) in [5, 5.41) is 4.15. The van der Waals surface area contributed by atoms with Crippen LogP contribution in [0.15, 0.2) is 4.52 Å². The van der Waals surface area contributed by atoms with Crippen molar-refractivity contribution in [3.63, 3.8) is 0 Å². The van der Waals surface area contributed by atoms with Gasteiger partial charge >= 0.3 is 0 Å². The number of ketones is 1. The second-order valence-electron chi connectivity index (χ2n) is 7.23. The van der Waals surface area contributed by atoms with Gasteiger partial charge in [-0.1, -0.05) is 19.0 Å². The minimum atomic E-state index is -0.446. The highest BCUT2D eigenvalue weighted by atomic mass is 16.5. The van der Waals surface area contributed by atoms with Gasteiger partial charge in [0.15, 0.2) is 0 Å². The van der Waals surface area contributed by atoms with Crippen molar-refractivity contribution in [3.8, 4) is 0 Å². The van der Waals surface area contributed by atoms with Gasteiger partial charge in [-0.25, -0.2) is 0 Å². The molecule has 5 heteroatoms. The quantitative estimate of drug-likeness (QED) is 0.854. The third kappa shape index (κ3) is 2.63. The van der Waals surface area contributed by atoms with Gasteiger partial charge in [0.2, 0.25) is 11.7 Å². The second-order valence-corrected chi connectivity index (χ2v) is 7.23. The molecule has 1 heterocycles. The van der Waals surface area contributed by atoms with Crippen LogP contribution in [0, 0.1) is 5.41 Å². The van der Waals surface area contributed by atoms with Crippen LogP contribution in [-0.2, 0) is 15.1 Å². The third-order valence-corrected chi connectivity index (χ3v) is 5.25. The minimum absolute atomic E-state index is 0.194. The molecule has 0 spiro atoms. The molecule has 1 unspecified atom stereocenters. The van der Waals surface area contributed by atoms with Gasteiger partial charge in [0.05, 0.1) is 5.92 Å². The van der Waals surface area contributed by atoms with Crippen molar-refractivity contribution in [2.75, 3.05) is 7.11 Å². The van der Waals surface area contributed by atoms with Crippen LogP contribution in [0.1, 0.15) is 76.4 Å². The number of carbonyl (C=O) groups is 1. The van der Waals surface area contributed by atoms with Gasteiger partial charge in [-0.2, -0.15) is 4.98 Å². The fourth-order valence-electron chi connectivity index (χ4n) is 3.49. The van der Waals surface area contributed by atoms with Crippen molar-refractivity contribution in [1.82, 2.24) is 10.1 Å². The first-order chi connectivity index (χ1) is 9.96. The first kappa shape index (κ1) is 14.7. The number of hydrogen-bond donors (Lipinski definition) is 0. The van der Waals surface area contributed by atoms with E-state index >= 15 is 0 Å². The van der Waals surface area contributed by atoms with E-state index in [0.717, 1.165) is 38.5 Å². The Morgan fingerprint density at radius 1 is 1.24 bits per heavy atom. The Labute approximate surface area is 125 Å². The smallest absolute Gasteiger partial charge is 0.237 e. The van der Waals surface area contributed by atoms with E-state index in [4.69, 9.17) is 9.26 Å². The molecule has 0 aliphatic heterocycles. The predicted octanol–water partition coefficient (Wildman–Crippen LogP) is 3.35. The summed E-state index contributed by atoms with van der Waals surface area (Å²) in [4.78, 5) is 16.4. The van der Waals surface area contributed by atoms with Crippen molar-refractivity contribution >= 4 is 5.78 Å². The van der Waals surface area contributed by atoms with Crippen LogP contribution in [0.3, 0.4) is 0 Å². The van der Waals surface area contributed by atoms with Crippen molar-refractivity contribution in [2.24, 2.45) is 5.41 Å². The van der Waals surface area contributed by atoms with Gasteiger partial charge in [-0.15, -0.1) is 0 Å². The number of rotatable bonds is 3. The monoisotopic (exact) mass is 292 g/mol. The maximum atomic E-state index is 11.8. The molecule has 2 fully saturated rings. The molecule has 21 heavy (non-hydrogen) atoms. The number of aromatic nitrogens is 2. The van der Waals surface area contributed by atoms with E-state index in [1.165, 1.54) is 0 Å². The van der Waals surface area contributed by atoms with Crippen LogP contribution < -0.4 is 0 Å². The maximum Gasteiger partial charge on any atom is 0.237 e. The number of hydrogen-bond acceptors (Lipinski definition) is 5. The van der Waals surface area contributed by atoms with Gasteiger partial charge in [0, 0.05) is 13.5 Å². The lowest BCUT2D eigenvalue weighted by Crippen LogP contribution is -2.37. The normalized spacial score (nSPS) is 28.0. The zero-order valence-corrected chi connectivity index (χ0v) is 13.1. The van der Waals surface area contributed by atoms with Crippen molar-refractivity contribution < 1.29 is 14.1 Å². The SMILES string of the molecule is COC1(c2noc(C3CCCC3=O)n2)CCC(C)(C)CC1. The molecular weight excluding hydrogens is 268 g/mol. The van der Waals surface area contributed by atoms with Gasteiger partial charge in [-0.3, -0.25) is 4.79 Å². The van der Waals surface area contributed by atoms with Crippen molar-refractivity contribution in [3.05, 3.63) is 11.7 Å². The fraction of sp³-hybridized carbons (Fsp3) is 0.812. The predicted molar refractivity (Wildman–Crippen MR) is 76.8 cm³/mol. The van der Waals surface area contributed by atoms with E-state index in [1.807, 2.05) is 0 Å². The first-order valence-electron chi connectivity index (χ1n) is 7.88. The first-order valence-corrected chi connectivity index (χ1v) is 7.88. The molecule has 0 amide bonds. The van der Waals surface area contributed by atoms with Crippen LogP contribution in [-0.4, -0.2) is 23.0 Å². The highest BCUT2D eigenvalue weighted by Gasteiger charge is 2.44. The largest absolute Gasteiger partial charge is 0.370 e. The summed E-state index contributed by atoms with van der Waals surface area (Å²) in [5.41, 5.74) is -0.102. The lowest BCUT2D eigenvalue weighted by molar-refractivity contribution is -0.119. The van der Waals surface area contributed by atoms with Crippen molar-refractivity contribution in [1.29, 1.82) is 0 Å². The highest BCUT2D eigenvalue weighted by molar-refractivity contribution is 5.86. The molecule has 0 aromatic carbocycles. The Hall–Kier alpha value is -1.23. The molecule has 0 N–H and O–H groups in total. The molecule has 1 aromatic heterocycles. The average Bonchev–Trinajstić information content (AvgIpc) is 3.08. The Balaban J connectivity index is 1.82. The van der Waals surface area contributed by atoms with Crippen LogP contribution in [0.5, 0.6) is 0 Å². The molecule has 2 saturated carbocycles. The molecule has 1 atom stereocenters. The van der Waals surface area contributed by atoms with Gasteiger partial charge in [-0.05, 0) is 43.9 Å². The molecule has 2 aliphatic rings. The number of ether oxygens (including phenoxy) is 1. The van der Waals surface area contributed by atoms with E-state index in [-0.39, 0.29) is 11.7 Å². The zero-order chi connectivity index (χ0) is 15.1. The molecule has 1 aromatic rings. The standard InChI is InChI=1S/C16H24N2O3/c1-15(2)7-9-16(20-3,10-8-15)14-17-13(21-18-14)11-5-4-6-12(11)19/h11H,4-10H2,1-3H3. The summed E-state index contributed by atoms with van der Waals surface area (Å²) in [5.74, 6) is 1.13. The summed E-state index contributed by atoms with van der Waals surface area (Å²) >= 11 is 0. The van der Waals surface area contributed by atoms with Crippen LogP contribution in [0.4, 0.5) is 0 Å². The fourth-order valence-corrected chi connectivity index (χ4v) is 3.49. The van der Waals surface area contributed by atoms with E-state index in [9.17, 15) is 4.79 Å². The molecule has 116 valence electrons. The summed E-state index contributed by atoms with van der Waals surface area (Å²) in [7, 11) is 1.72. The number of Topliss-reactive ketones (excluding diaryl/α,β-unsaturated/α-hetero) is 1. The lowest BCUT2D eigenvalue weighted by Gasteiger charge is -2.40. The van der Waals surface area contributed by atoms with E-state index in [1.54, 1.807) is 7.11 Å². The topological polar surface area (TPSA) is 65.2 Å². The molecular formula is C16H24N2O3. The molecule has 0 bridgehead atoms. The number of nitrogens with zero attached hydrogens (tertiary/aromatic N) is 2. The third-order valence-electron chi connectivity index (χ3n) is 5.25. The number of carbonyl (C=O) groups excluding carboxylic acids is 1. The molecule has 0 saturated heterocycles. The Kier molecular flexibility index (Phi) is 3.64. The summed E-state index contributed by atoms with van der Waals surface area (Å²) in [6.07, 6.45) is 6.33. The summed E-state index contributed by atoms with van der Waals surface area (Å²) in [6.45, 7) is 4.57. The second kappa shape index (κ2) is 5.20. The number of methoxy groups -OCH3 is 1. The van der Waals surface area contributed by atoms with Gasteiger partial charge < -0.3 is 9.26 Å². The molecule has 3 rings (SSSR count).